The van der Waals surface area contributed by atoms with Crippen molar-refractivity contribution in [1.82, 2.24) is 9.80 Å². The molecule has 0 aromatic carbocycles. The van der Waals surface area contributed by atoms with Crippen molar-refractivity contribution >= 4 is 0 Å². The molecule has 0 N–H and O–H groups in total. The second kappa shape index (κ2) is 5.50. The highest BCUT2D eigenvalue weighted by Crippen LogP contribution is 2.36. The maximum absolute atomic E-state index is 2.87. The summed E-state index contributed by atoms with van der Waals surface area (Å²) in [5.41, 5.74) is 0. The average Bonchev–Trinajstić information content (AvgIpc) is 3.21. The predicted molar refractivity (Wildman–Crippen MR) is 76.8 cm³/mol. The molecule has 3 atom stereocenters. The van der Waals surface area contributed by atoms with E-state index in [9.17, 15) is 0 Å². The van der Waals surface area contributed by atoms with Crippen molar-refractivity contribution in [3.63, 3.8) is 0 Å². The van der Waals surface area contributed by atoms with Crippen LogP contribution in [0.5, 0.6) is 0 Å². The van der Waals surface area contributed by atoms with Gasteiger partial charge in [0.25, 0.3) is 0 Å². The van der Waals surface area contributed by atoms with E-state index in [1.165, 1.54) is 64.6 Å². The van der Waals surface area contributed by atoms with E-state index in [2.05, 4.69) is 23.6 Å². The Bertz CT molecular complexity index is 274. The number of piperazine rings is 1. The van der Waals surface area contributed by atoms with E-state index in [-0.39, 0.29) is 0 Å². The van der Waals surface area contributed by atoms with Gasteiger partial charge in [-0.15, -0.1) is 0 Å². The van der Waals surface area contributed by atoms with E-state index < -0.39 is 0 Å². The maximum Gasteiger partial charge on any atom is 0.0224 e. The third-order valence-corrected chi connectivity index (χ3v) is 5.49. The Hall–Kier alpha value is -0.0800. The van der Waals surface area contributed by atoms with Crippen molar-refractivity contribution in [3.8, 4) is 0 Å². The van der Waals surface area contributed by atoms with Crippen molar-refractivity contribution in [3.05, 3.63) is 0 Å². The van der Waals surface area contributed by atoms with E-state index >= 15 is 0 Å². The second-order valence-corrected chi connectivity index (χ2v) is 6.93. The molecule has 3 unspecified atom stereocenters. The smallest absolute Gasteiger partial charge is 0.0224 e. The van der Waals surface area contributed by atoms with Gasteiger partial charge in [-0.3, -0.25) is 9.80 Å². The third kappa shape index (κ3) is 2.75. The Morgan fingerprint density at radius 2 is 1.94 bits per heavy atom. The van der Waals surface area contributed by atoms with Gasteiger partial charge in [-0.25, -0.2) is 0 Å². The highest BCUT2D eigenvalue weighted by Gasteiger charge is 2.37. The van der Waals surface area contributed by atoms with Crippen molar-refractivity contribution in [1.29, 1.82) is 0 Å². The van der Waals surface area contributed by atoms with Crippen molar-refractivity contribution in [2.24, 2.45) is 5.92 Å². The van der Waals surface area contributed by atoms with Gasteiger partial charge in [-0.05, 0) is 45.1 Å². The summed E-state index contributed by atoms with van der Waals surface area (Å²) < 4.78 is 0. The Morgan fingerprint density at radius 3 is 2.67 bits per heavy atom. The van der Waals surface area contributed by atoms with Gasteiger partial charge in [-0.1, -0.05) is 26.2 Å². The number of hydrogen-bond donors (Lipinski definition) is 0. The molecule has 18 heavy (non-hydrogen) atoms. The van der Waals surface area contributed by atoms with Crippen molar-refractivity contribution in [2.45, 2.75) is 76.9 Å². The lowest BCUT2D eigenvalue weighted by Gasteiger charge is -2.50. The molecule has 0 bridgehead atoms. The van der Waals surface area contributed by atoms with Gasteiger partial charge < -0.3 is 0 Å². The summed E-state index contributed by atoms with van der Waals surface area (Å²) in [7, 11) is 0. The minimum atomic E-state index is 0.825. The number of nitrogens with zero attached hydrogens (tertiary/aromatic N) is 2. The lowest BCUT2D eigenvalue weighted by molar-refractivity contribution is -0.0143. The molecule has 0 spiro atoms. The first-order valence-corrected chi connectivity index (χ1v) is 8.27. The molecule has 2 saturated heterocycles. The Morgan fingerprint density at radius 1 is 1.11 bits per heavy atom. The van der Waals surface area contributed by atoms with Crippen LogP contribution in [0, 0.1) is 5.92 Å². The highest BCUT2D eigenvalue weighted by atomic mass is 15.3. The Balaban J connectivity index is 1.63. The number of piperidine rings is 1. The number of hydrogen-bond acceptors (Lipinski definition) is 2. The zero-order valence-corrected chi connectivity index (χ0v) is 12.3. The molecule has 2 heterocycles. The first-order valence-electron chi connectivity index (χ1n) is 8.27. The standard InChI is InChI=1S/C16H30N2/c1-3-15-11-17-9-5-4-6-16(17)12-18(15)13(2)10-14-7-8-14/h13-16H,3-12H2,1-2H3. The van der Waals surface area contributed by atoms with Gasteiger partial charge in [0.05, 0.1) is 0 Å². The van der Waals surface area contributed by atoms with Crippen LogP contribution in [0.25, 0.3) is 0 Å². The second-order valence-electron chi connectivity index (χ2n) is 6.93. The fraction of sp³-hybridized carbons (Fsp3) is 1.00. The summed E-state index contributed by atoms with van der Waals surface area (Å²) in [6, 6.07) is 2.53. The molecule has 3 rings (SSSR count). The molecule has 104 valence electrons. The molecule has 1 aliphatic carbocycles. The molecule has 2 heteroatoms. The summed E-state index contributed by atoms with van der Waals surface area (Å²) in [4.78, 5) is 5.66. The van der Waals surface area contributed by atoms with E-state index in [1.54, 1.807) is 0 Å². The molecule has 2 nitrogen and oxygen atoms in total. The molecular formula is C16H30N2. The summed E-state index contributed by atoms with van der Waals surface area (Å²) in [5.74, 6) is 1.07. The van der Waals surface area contributed by atoms with Crippen LogP contribution in [0.3, 0.4) is 0 Å². The van der Waals surface area contributed by atoms with Crippen LogP contribution in [-0.2, 0) is 0 Å². The van der Waals surface area contributed by atoms with Gasteiger partial charge in [0.15, 0.2) is 0 Å². The van der Waals surface area contributed by atoms with E-state index in [4.69, 9.17) is 0 Å². The van der Waals surface area contributed by atoms with Crippen LogP contribution in [0.15, 0.2) is 0 Å². The lowest BCUT2D eigenvalue weighted by Crippen LogP contribution is -2.61. The lowest BCUT2D eigenvalue weighted by atomic mass is 9.94. The quantitative estimate of drug-likeness (QED) is 0.756. The molecule has 1 saturated carbocycles. The fourth-order valence-corrected chi connectivity index (χ4v) is 4.15. The molecule has 0 radical (unpaired) electrons. The first-order chi connectivity index (χ1) is 8.78. The van der Waals surface area contributed by atoms with Crippen LogP contribution >= 0.6 is 0 Å². The molecule has 2 aliphatic heterocycles. The molecular weight excluding hydrogens is 220 g/mol. The van der Waals surface area contributed by atoms with Gasteiger partial charge in [0.1, 0.15) is 0 Å². The van der Waals surface area contributed by atoms with Crippen molar-refractivity contribution in [2.75, 3.05) is 19.6 Å². The fourth-order valence-electron chi connectivity index (χ4n) is 4.15. The largest absolute Gasteiger partial charge is 0.298 e. The summed E-state index contributed by atoms with van der Waals surface area (Å²) >= 11 is 0. The summed E-state index contributed by atoms with van der Waals surface area (Å²) in [6.07, 6.45) is 10.1. The molecule has 3 aliphatic rings. The normalized spacial score (nSPS) is 36.3. The van der Waals surface area contributed by atoms with Crippen LogP contribution in [0.2, 0.25) is 0 Å². The van der Waals surface area contributed by atoms with Gasteiger partial charge in [0, 0.05) is 31.2 Å². The van der Waals surface area contributed by atoms with E-state index in [0.29, 0.717) is 0 Å². The third-order valence-electron chi connectivity index (χ3n) is 5.49. The SMILES string of the molecule is CCC1CN2CCCCC2CN1C(C)CC1CC1. The van der Waals surface area contributed by atoms with E-state index in [1.807, 2.05) is 0 Å². The molecule has 3 fully saturated rings. The monoisotopic (exact) mass is 250 g/mol. The topological polar surface area (TPSA) is 6.48 Å². The Kier molecular flexibility index (Phi) is 3.95. The van der Waals surface area contributed by atoms with Gasteiger partial charge in [0.2, 0.25) is 0 Å². The highest BCUT2D eigenvalue weighted by molar-refractivity contribution is 4.93. The van der Waals surface area contributed by atoms with Crippen LogP contribution in [0.1, 0.15) is 58.8 Å². The summed E-state index contributed by atoms with van der Waals surface area (Å²) in [6.45, 7) is 8.93. The molecule has 0 amide bonds. The first kappa shape index (κ1) is 12.9. The zero-order chi connectivity index (χ0) is 12.5. The van der Waals surface area contributed by atoms with Crippen LogP contribution < -0.4 is 0 Å². The minimum absolute atomic E-state index is 0.825. The van der Waals surface area contributed by atoms with Crippen LogP contribution in [0.4, 0.5) is 0 Å². The van der Waals surface area contributed by atoms with Gasteiger partial charge in [-0.2, -0.15) is 0 Å². The average molecular weight is 250 g/mol. The van der Waals surface area contributed by atoms with Crippen LogP contribution in [-0.4, -0.2) is 47.6 Å². The predicted octanol–water partition coefficient (Wildman–Crippen LogP) is 3.12. The molecule has 0 aromatic heterocycles. The molecule has 0 aromatic rings. The zero-order valence-electron chi connectivity index (χ0n) is 12.3. The van der Waals surface area contributed by atoms with Gasteiger partial charge >= 0.3 is 0 Å². The van der Waals surface area contributed by atoms with Crippen molar-refractivity contribution < 1.29 is 0 Å². The summed E-state index contributed by atoms with van der Waals surface area (Å²) in [5, 5.41) is 0. The Labute approximate surface area is 113 Å². The maximum atomic E-state index is 2.87. The minimum Gasteiger partial charge on any atom is -0.298 e. The number of fused-ring (bicyclic) bond motifs is 1. The number of rotatable bonds is 4. The van der Waals surface area contributed by atoms with E-state index in [0.717, 1.165) is 24.0 Å².